The Morgan fingerprint density at radius 3 is 2.63 bits per heavy atom. The van der Waals surface area contributed by atoms with Gasteiger partial charge in [0, 0.05) is 29.8 Å². The van der Waals surface area contributed by atoms with Crippen LogP contribution in [0.5, 0.6) is 5.75 Å². The van der Waals surface area contributed by atoms with Gasteiger partial charge in [-0.2, -0.15) is 4.98 Å². The average molecular weight is 530 g/mol. The van der Waals surface area contributed by atoms with Crippen LogP contribution in [-0.2, 0) is 10.5 Å². The lowest BCUT2D eigenvalue weighted by Gasteiger charge is -2.28. The maximum absolute atomic E-state index is 13.6. The Labute approximate surface area is 222 Å². The van der Waals surface area contributed by atoms with Crippen molar-refractivity contribution < 1.29 is 14.5 Å². The van der Waals surface area contributed by atoms with Crippen LogP contribution in [0.1, 0.15) is 24.2 Å². The molecule has 1 aliphatic rings. The summed E-state index contributed by atoms with van der Waals surface area (Å²) >= 11 is 1.39. The van der Waals surface area contributed by atoms with Crippen molar-refractivity contribution in [2.75, 3.05) is 17.7 Å². The Hall–Kier alpha value is -4.71. The van der Waals surface area contributed by atoms with Gasteiger partial charge in [-0.1, -0.05) is 42.1 Å². The summed E-state index contributed by atoms with van der Waals surface area (Å²) < 4.78 is 7.05. The van der Waals surface area contributed by atoms with E-state index in [1.807, 2.05) is 37.3 Å². The van der Waals surface area contributed by atoms with Gasteiger partial charge in [-0.15, -0.1) is 5.10 Å². The Morgan fingerprint density at radius 2 is 1.92 bits per heavy atom. The largest absolute Gasteiger partial charge is 0.495 e. The number of rotatable bonds is 8. The molecule has 0 aliphatic carbocycles. The molecule has 1 amide bonds. The number of amides is 1. The molecule has 0 fully saturated rings. The first kappa shape index (κ1) is 25.0. The van der Waals surface area contributed by atoms with Gasteiger partial charge in [-0.25, -0.2) is 4.68 Å². The lowest BCUT2D eigenvalue weighted by Crippen LogP contribution is -2.32. The number of thioether (sulfide) groups is 1. The molecule has 2 N–H and O–H groups in total. The van der Waals surface area contributed by atoms with E-state index < -0.39 is 11.0 Å². The summed E-state index contributed by atoms with van der Waals surface area (Å²) in [6, 6.07) is 18.4. The van der Waals surface area contributed by atoms with Gasteiger partial charge in [0.2, 0.25) is 11.1 Å². The highest BCUT2D eigenvalue weighted by atomic mass is 32.2. The summed E-state index contributed by atoms with van der Waals surface area (Å²) in [7, 11) is 1.55. The van der Waals surface area contributed by atoms with Gasteiger partial charge in [0.15, 0.2) is 0 Å². The number of hydrogen-bond acceptors (Lipinski definition) is 9. The Bertz CT molecular complexity index is 1520. The number of pyridine rings is 1. The number of ether oxygens (including phenoxy) is 1. The van der Waals surface area contributed by atoms with Crippen molar-refractivity contribution in [1.82, 2.24) is 19.7 Å². The molecule has 1 unspecified atom stereocenters. The molecule has 3 heterocycles. The minimum atomic E-state index is -0.622. The van der Waals surface area contributed by atoms with Gasteiger partial charge in [0.05, 0.1) is 29.0 Å². The van der Waals surface area contributed by atoms with E-state index in [2.05, 4.69) is 20.6 Å². The fraction of sp³-hybridized carbons (Fsp3) is 0.154. The molecule has 2 aromatic carbocycles. The third kappa shape index (κ3) is 5.06. The molecule has 2 aromatic heterocycles. The third-order valence-electron chi connectivity index (χ3n) is 5.92. The molecular weight excluding hydrogens is 506 g/mol. The second-order valence-corrected chi connectivity index (χ2v) is 9.29. The number of hydrogen-bond donors (Lipinski definition) is 2. The van der Waals surface area contributed by atoms with Crippen LogP contribution >= 0.6 is 11.8 Å². The van der Waals surface area contributed by atoms with E-state index in [0.29, 0.717) is 45.3 Å². The fourth-order valence-electron chi connectivity index (χ4n) is 4.10. The van der Waals surface area contributed by atoms with Crippen LogP contribution in [0.15, 0.2) is 89.4 Å². The van der Waals surface area contributed by atoms with Crippen LogP contribution in [0, 0.1) is 10.1 Å². The molecule has 0 saturated heterocycles. The summed E-state index contributed by atoms with van der Waals surface area (Å²) in [5.74, 6) is 1.22. The molecule has 5 rings (SSSR count). The molecule has 0 bridgehead atoms. The van der Waals surface area contributed by atoms with Gasteiger partial charge in [-0.05, 0) is 36.8 Å². The van der Waals surface area contributed by atoms with Crippen LogP contribution in [-0.4, -0.2) is 37.7 Å². The van der Waals surface area contributed by atoms with Gasteiger partial charge in [0.25, 0.3) is 11.6 Å². The molecule has 192 valence electrons. The molecule has 0 radical (unpaired) electrons. The summed E-state index contributed by atoms with van der Waals surface area (Å²) in [5, 5.41) is 22.3. The standard InChI is InChI=1S/C26H23N7O4S/c1-16-22(24(34)29-19-7-3-4-9-21(19)37-2)23(20-8-5-6-14-27-20)32-25(28-16)30-26(31-32)38-15-17-10-12-18(13-11-17)33(35)36/h3-14,23H,15H2,1-2H3,(H,29,34)(H,28,30,31). The number of non-ortho nitro benzene ring substituents is 1. The van der Waals surface area contributed by atoms with Gasteiger partial charge in [0.1, 0.15) is 11.8 Å². The number of nitro groups is 1. The van der Waals surface area contributed by atoms with Crippen LogP contribution in [0.4, 0.5) is 17.3 Å². The lowest BCUT2D eigenvalue weighted by molar-refractivity contribution is -0.384. The van der Waals surface area contributed by atoms with Crippen molar-refractivity contribution in [2.45, 2.75) is 23.9 Å². The lowest BCUT2D eigenvalue weighted by atomic mass is 9.98. The predicted octanol–water partition coefficient (Wildman–Crippen LogP) is 4.81. The van der Waals surface area contributed by atoms with Crippen molar-refractivity contribution >= 4 is 35.0 Å². The zero-order valence-corrected chi connectivity index (χ0v) is 21.3. The van der Waals surface area contributed by atoms with Gasteiger partial charge < -0.3 is 15.4 Å². The van der Waals surface area contributed by atoms with Crippen LogP contribution in [0.3, 0.4) is 0 Å². The number of allylic oxidation sites excluding steroid dienone is 1. The molecule has 4 aromatic rings. The van der Waals surface area contributed by atoms with Crippen molar-refractivity contribution in [3.63, 3.8) is 0 Å². The number of benzene rings is 2. The Balaban J connectivity index is 1.44. The highest BCUT2D eigenvalue weighted by molar-refractivity contribution is 7.98. The topological polar surface area (TPSA) is 137 Å². The van der Waals surface area contributed by atoms with Gasteiger partial charge in [-0.3, -0.25) is 19.9 Å². The number of nitro benzene ring substituents is 1. The number of methoxy groups -OCH3 is 1. The number of aromatic nitrogens is 4. The summed E-state index contributed by atoms with van der Waals surface area (Å²) in [4.78, 5) is 33.3. The number of fused-ring (bicyclic) bond motifs is 1. The number of anilines is 2. The number of para-hydroxylation sites is 2. The van der Waals surface area contributed by atoms with E-state index >= 15 is 0 Å². The molecule has 0 saturated carbocycles. The van der Waals surface area contributed by atoms with E-state index in [1.54, 1.807) is 42.3 Å². The van der Waals surface area contributed by atoms with E-state index in [-0.39, 0.29) is 11.6 Å². The summed E-state index contributed by atoms with van der Waals surface area (Å²) in [6.45, 7) is 1.81. The summed E-state index contributed by atoms with van der Waals surface area (Å²) in [5.41, 5.74) is 3.19. The molecule has 1 atom stereocenters. The maximum Gasteiger partial charge on any atom is 0.269 e. The number of nitrogens with zero attached hydrogens (tertiary/aromatic N) is 5. The predicted molar refractivity (Wildman–Crippen MR) is 143 cm³/mol. The van der Waals surface area contributed by atoms with E-state index in [4.69, 9.17) is 9.84 Å². The van der Waals surface area contributed by atoms with Crippen LogP contribution in [0.2, 0.25) is 0 Å². The highest BCUT2D eigenvalue weighted by Gasteiger charge is 2.35. The Morgan fingerprint density at radius 1 is 1.16 bits per heavy atom. The third-order valence-corrected chi connectivity index (χ3v) is 6.82. The molecular formula is C26H23N7O4S. The molecule has 11 nitrogen and oxygen atoms in total. The normalized spacial score (nSPS) is 14.4. The second kappa shape index (κ2) is 10.7. The minimum absolute atomic E-state index is 0.0391. The molecule has 12 heteroatoms. The first-order valence-electron chi connectivity index (χ1n) is 11.6. The van der Waals surface area contributed by atoms with Crippen molar-refractivity contribution in [3.8, 4) is 5.75 Å². The van der Waals surface area contributed by atoms with E-state index in [0.717, 1.165) is 5.56 Å². The van der Waals surface area contributed by atoms with Crippen molar-refractivity contribution in [2.24, 2.45) is 0 Å². The first-order chi connectivity index (χ1) is 18.4. The number of nitrogens with one attached hydrogen (secondary N) is 2. The number of carbonyl (C=O) groups is 1. The molecule has 0 spiro atoms. The zero-order chi connectivity index (χ0) is 26.6. The highest BCUT2D eigenvalue weighted by Crippen LogP contribution is 2.37. The number of carbonyl (C=O) groups excluding carboxylic acids is 1. The molecule has 1 aliphatic heterocycles. The fourth-order valence-corrected chi connectivity index (χ4v) is 4.88. The van der Waals surface area contributed by atoms with E-state index in [1.165, 1.54) is 23.9 Å². The monoisotopic (exact) mass is 529 g/mol. The smallest absolute Gasteiger partial charge is 0.269 e. The quantitative estimate of drug-likeness (QED) is 0.187. The SMILES string of the molecule is COc1ccccc1NC(=O)C1=C(C)Nc2nc(SCc3ccc([N+](=O)[O-])cc3)nn2C1c1ccccn1. The van der Waals surface area contributed by atoms with Crippen LogP contribution in [0.25, 0.3) is 0 Å². The van der Waals surface area contributed by atoms with Gasteiger partial charge >= 0.3 is 0 Å². The molecule has 38 heavy (non-hydrogen) atoms. The first-order valence-corrected chi connectivity index (χ1v) is 12.6. The second-order valence-electron chi connectivity index (χ2n) is 8.35. The van der Waals surface area contributed by atoms with Crippen LogP contribution < -0.4 is 15.4 Å². The average Bonchev–Trinajstić information content (AvgIpc) is 3.34. The summed E-state index contributed by atoms with van der Waals surface area (Å²) in [6.07, 6.45) is 1.67. The Kier molecular flexibility index (Phi) is 7.05. The minimum Gasteiger partial charge on any atom is -0.495 e. The van der Waals surface area contributed by atoms with E-state index in [9.17, 15) is 14.9 Å². The van der Waals surface area contributed by atoms with Crippen molar-refractivity contribution in [3.05, 3.63) is 106 Å². The van der Waals surface area contributed by atoms with Crippen molar-refractivity contribution in [1.29, 1.82) is 0 Å². The zero-order valence-electron chi connectivity index (χ0n) is 20.5. The maximum atomic E-state index is 13.6.